The minimum absolute atomic E-state index is 0. The fraction of sp³-hybridized carbons (Fsp3) is 0.188. The molecular weight excluding hydrogens is 382 g/mol. The first-order valence-electron chi connectivity index (χ1n) is 7.03. The standard InChI is InChI=1S/C16H16BrN3O2.ClH/c1-2-22-15-6-3-11(17)7-10(15)9-18-12-4-5-13-14(8-12)20-16(21)19-13;/h3-8,18H,2,9H2,1H3,(H2,19,20,21);1H/p-1. The maximum atomic E-state index is 11.3. The summed E-state index contributed by atoms with van der Waals surface area (Å²) in [6.07, 6.45) is 0. The summed E-state index contributed by atoms with van der Waals surface area (Å²) < 4.78 is 6.65. The Morgan fingerprint density at radius 3 is 2.70 bits per heavy atom. The number of halogens is 2. The van der Waals surface area contributed by atoms with E-state index in [-0.39, 0.29) is 18.1 Å². The first-order valence-corrected chi connectivity index (χ1v) is 7.82. The second kappa shape index (κ2) is 7.57. The molecule has 0 aliphatic heterocycles. The monoisotopic (exact) mass is 396 g/mol. The van der Waals surface area contributed by atoms with Crippen molar-refractivity contribution in [3.63, 3.8) is 0 Å². The summed E-state index contributed by atoms with van der Waals surface area (Å²) in [5, 5.41) is 3.35. The van der Waals surface area contributed by atoms with Gasteiger partial charge in [-0.1, -0.05) is 15.9 Å². The van der Waals surface area contributed by atoms with E-state index in [1.165, 1.54) is 0 Å². The second-order valence-electron chi connectivity index (χ2n) is 4.88. The van der Waals surface area contributed by atoms with Crippen LogP contribution in [0.25, 0.3) is 11.0 Å². The molecule has 0 atom stereocenters. The molecule has 0 radical (unpaired) electrons. The largest absolute Gasteiger partial charge is 1.00 e. The van der Waals surface area contributed by atoms with Crippen LogP contribution in [0.4, 0.5) is 5.69 Å². The van der Waals surface area contributed by atoms with Crippen molar-refractivity contribution in [2.75, 3.05) is 11.9 Å². The number of nitrogens with one attached hydrogen (secondary N) is 3. The maximum Gasteiger partial charge on any atom is 0.323 e. The molecule has 0 saturated carbocycles. The molecular formula is C16H16BrClN3O2-. The zero-order chi connectivity index (χ0) is 15.5. The smallest absolute Gasteiger partial charge is 0.323 e. The van der Waals surface area contributed by atoms with Gasteiger partial charge in [0.1, 0.15) is 5.75 Å². The predicted octanol–water partition coefficient (Wildman–Crippen LogP) is 0.633. The van der Waals surface area contributed by atoms with E-state index in [2.05, 4.69) is 31.2 Å². The van der Waals surface area contributed by atoms with Gasteiger partial charge in [-0.2, -0.15) is 0 Å². The number of ether oxygens (including phenoxy) is 1. The first kappa shape index (κ1) is 17.4. The van der Waals surface area contributed by atoms with Crippen LogP contribution in [0, 0.1) is 0 Å². The summed E-state index contributed by atoms with van der Waals surface area (Å²) in [5.74, 6) is 0.870. The molecule has 23 heavy (non-hydrogen) atoms. The quantitative estimate of drug-likeness (QED) is 0.592. The summed E-state index contributed by atoms with van der Waals surface area (Å²) in [6.45, 7) is 3.23. The molecule has 122 valence electrons. The molecule has 0 aliphatic carbocycles. The summed E-state index contributed by atoms with van der Waals surface area (Å²) in [5.41, 5.74) is 3.39. The normalized spacial score (nSPS) is 10.3. The Balaban J connectivity index is 0.00000192. The number of H-pyrrole nitrogens is 2. The van der Waals surface area contributed by atoms with E-state index in [1.54, 1.807) is 0 Å². The average Bonchev–Trinajstić information content (AvgIpc) is 2.87. The van der Waals surface area contributed by atoms with Crippen molar-refractivity contribution in [2.45, 2.75) is 13.5 Å². The van der Waals surface area contributed by atoms with Crippen LogP contribution in [-0.4, -0.2) is 16.6 Å². The Bertz CT molecular complexity index is 860. The van der Waals surface area contributed by atoms with Gasteiger partial charge in [-0.05, 0) is 43.3 Å². The molecule has 3 N–H and O–H groups in total. The molecule has 0 saturated heterocycles. The molecule has 0 fully saturated rings. The molecule has 0 spiro atoms. The third-order valence-corrected chi connectivity index (χ3v) is 3.81. The third-order valence-electron chi connectivity index (χ3n) is 3.32. The van der Waals surface area contributed by atoms with Crippen molar-refractivity contribution in [1.29, 1.82) is 0 Å². The van der Waals surface area contributed by atoms with E-state index in [1.807, 2.05) is 43.3 Å². The lowest BCUT2D eigenvalue weighted by molar-refractivity contribution is -0.00000501. The summed E-state index contributed by atoms with van der Waals surface area (Å²) in [4.78, 5) is 16.8. The number of rotatable bonds is 5. The number of hydrogen-bond donors (Lipinski definition) is 3. The molecule has 3 aromatic rings. The van der Waals surface area contributed by atoms with Gasteiger partial charge in [0.05, 0.1) is 17.6 Å². The van der Waals surface area contributed by atoms with Crippen molar-refractivity contribution >= 4 is 32.7 Å². The molecule has 1 aromatic heterocycles. The first-order chi connectivity index (χ1) is 10.7. The van der Waals surface area contributed by atoms with Gasteiger partial charge in [0.2, 0.25) is 0 Å². The Labute approximate surface area is 148 Å². The molecule has 0 amide bonds. The Hall–Kier alpha value is -1.92. The van der Waals surface area contributed by atoms with E-state index >= 15 is 0 Å². The Morgan fingerprint density at radius 1 is 1.13 bits per heavy atom. The fourth-order valence-corrected chi connectivity index (χ4v) is 2.73. The van der Waals surface area contributed by atoms with E-state index in [4.69, 9.17) is 4.74 Å². The number of aromatic amines is 2. The van der Waals surface area contributed by atoms with E-state index in [0.717, 1.165) is 32.5 Å². The number of aromatic nitrogens is 2. The maximum absolute atomic E-state index is 11.3. The molecule has 0 bridgehead atoms. The number of benzene rings is 2. The van der Waals surface area contributed by atoms with Gasteiger partial charge in [-0.25, -0.2) is 4.79 Å². The minimum Gasteiger partial charge on any atom is -1.00 e. The van der Waals surface area contributed by atoms with Gasteiger partial charge in [-0.15, -0.1) is 0 Å². The van der Waals surface area contributed by atoms with Crippen LogP contribution in [0.15, 0.2) is 45.7 Å². The van der Waals surface area contributed by atoms with Crippen molar-refractivity contribution in [3.8, 4) is 5.75 Å². The molecule has 0 aliphatic rings. The average molecular weight is 398 g/mol. The zero-order valence-corrected chi connectivity index (χ0v) is 14.8. The van der Waals surface area contributed by atoms with Gasteiger partial charge < -0.3 is 32.4 Å². The Morgan fingerprint density at radius 2 is 1.91 bits per heavy atom. The van der Waals surface area contributed by atoms with Crippen LogP contribution >= 0.6 is 15.9 Å². The van der Waals surface area contributed by atoms with Crippen molar-refractivity contribution in [2.24, 2.45) is 0 Å². The number of imidazole rings is 1. The minimum atomic E-state index is -0.197. The zero-order valence-electron chi connectivity index (χ0n) is 12.5. The van der Waals surface area contributed by atoms with Crippen molar-refractivity contribution < 1.29 is 17.1 Å². The van der Waals surface area contributed by atoms with Gasteiger partial charge >= 0.3 is 5.69 Å². The van der Waals surface area contributed by atoms with Crippen molar-refractivity contribution in [1.82, 2.24) is 9.97 Å². The molecule has 5 nitrogen and oxygen atoms in total. The van der Waals surface area contributed by atoms with Gasteiger partial charge in [0.25, 0.3) is 0 Å². The van der Waals surface area contributed by atoms with Crippen LogP contribution in [0.5, 0.6) is 5.75 Å². The summed E-state index contributed by atoms with van der Waals surface area (Å²) >= 11 is 3.48. The predicted molar refractivity (Wildman–Crippen MR) is 91.6 cm³/mol. The molecule has 0 unspecified atom stereocenters. The number of fused-ring (bicyclic) bond motifs is 1. The van der Waals surface area contributed by atoms with Crippen LogP contribution in [-0.2, 0) is 6.54 Å². The fourth-order valence-electron chi connectivity index (χ4n) is 2.32. The van der Waals surface area contributed by atoms with Crippen molar-refractivity contribution in [3.05, 3.63) is 56.9 Å². The molecule has 1 heterocycles. The lowest BCUT2D eigenvalue weighted by Crippen LogP contribution is -3.00. The third kappa shape index (κ3) is 4.09. The summed E-state index contributed by atoms with van der Waals surface area (Å²) in [7, 11) is 0. The highest BCUT2D eigenvalue weighted by molar-refractivity contribution is 9.10. The second-order valence-corrected chi connectivity index (χ2v) is 5.79. The lowest BCUT2D eigenvalue weighted by Gasteiger charge is -2.12. The van der Waals surface area contributed by atoms with Crippen LogP contribution in [0.1, 0.15) is 12.5 Å². The highest BCUT2D eigenvalue weighted by atomic mass is 79.9. The van der Waals surface area contributed by atoms with E-state index in [9.17, 15) is 4.79 Å². The molecule has 2 aromatic carbocycles. The van der Waals surface area contributed by atoms with Gasteiger partial charge in [-0.3, -0.25) is 0 Å². The van der Waals surface area contributed by atoms with E-state index in [0.29, 0.717) is 13.2 Å². The number of hydrogen-bond acceptors (Lipinski definition) is 3. The Kier molecular flexibility index (Phi) is 5.74. The number of anilines is 1. The van der Waals surface area contributed by atoms with Crippen LogP contribution in [0.2, 0.25) is 0 Å². The van der Waals surface area contributed by atoms with Gasteiger partial charge in [0.15, 0.2) is 0 Å². The van der Waals surface area contributed by atoms with E-state index < -0.39 is 0 Å². The highest BCUT2D eigenvalue weighted by Gasteiger charge is 2.05. The topological polar surface area (TPSA) is 69.9 Å². The molecule has 3 rings (SSSR count). The summed E-state index contributed by atoms with van der Waals surface area (Å²) in [6, 6.07) is 11.7. The van der Waals surface area contributed by atoms with Gasteiger partial charge in [0, 0.05) is 22.3 Å². The lowest BCUT2D eigenvalue weighted by atomic mass is 10.2. The SMILES string of the molecule is CCOc1ccc(Br)cc1CNc1ccc2[nH]c(=O)[nH]c2c1.[Cl-]. The van der Waals surface area contributed by atoms with Crippen LogP contribution < -0.4 is 28.2 Å². The highest BCUT2D eigenvalue weighted by Crippen LogP contribution is 2.24. The van der Waals surface area contributed by atoms with Crippen LogP contribution in [0.3, 0.4) is 0 Å². The molecule has 7 heteroatoms.